The number of rotatable bonds is 12. The summed E-state index contributed by atoms with van der Waals surface area (Å²) in [4.78, 5) is 8.26. The lowest BCUT2D eigenvalue weighted by Gasteiger charge is -2.19. The quantitative estimate of drug-likeness (QED) is 0.424. The number of aryl methyl sites for hydroxylation is 1. The number of nitrogens with zero attached hydrogens (tertiary/aromatic N) is 2. The van der Waals surface area contributed by atoms with E-state index in [-0.39, 0.29) is 18.6 Å². The zero-order chi connectivity index (χ0) is 19.5. The molecular formula is C20H31N5O2. The van der Waals surface area contributed by atoms with Gasteiger partial charge in [-0.15, -0.1) is 0 Å². The minimum atomic E-state index is -0.0766. The van der Waals surface area contributed by atoms with Crippen molar-refractivity contribution in [2.24, 2.45) is 0 Å². The fourth-order valence-corrected chi connectivity index (χ4v) is 2.74. The molecule has 1 aromatic heterocycles. The summed E-state index contributed by atoms with van der Waals surface area (Å²) in [5.41, 5.74) is 8.08. The monoisotopic (exact) mass is 373 g/mol. The highest BCUT2D eigenvalue weighted by Crippen LogP contribution is 2.23. The van der Waals surface area contributed by atoms with E-state index in [4.69, 9.17) is 10.5 Å². The number of nitrogens with two attached hydrogens (primary N) is 1. The molecule has 148 valence electrons. The van der Waals surface area contributed by atoms with Crippen LogP contribution in [0.25, 0.3) is 0 Å². The minimum absolute atomic E-state index is 0.0337. The molecule has 0 aliphatic heterocycles. The molecule has 2 rings (SSSR count). The third-order valence-electron chi connectivity index (χ3n) is 4.35. The van der Waals surface area contributed by atoms with E-state index < -0.39 is 0 Å². The number of ether oxygens (including phenoxy) is 1. The maximum absolute atomic E-state index is 9.57. The minimum Gasteiger partial charge on any atom is -0.488 e. The van der Waals surface area contributed by atoms with Crippen LogP contribution in [0.5, 0.6) is 5.75 Å². The van der Waals surface area contributed by atoms with Crippen molar-refractivity contribution < 1.29 is 9.84 Å². The van der Waals surface area contributed by atoms with Gasteiger partial charge >= 0.3 is 0 Å². The highest BCUT2D eigenvalue weighted by molar-refractivity contribution is 5.51. The first kappa shape index (κ1) is 20.8. The summed E-state index contributed by atoms with van der Waals surface area (Å²) >= 11 is 0. The summed E-state index contributed by atoms with van der Waals surface area (Å²) in [6.45, 7) is 2.71. The zero-order valence-electron chi connectivity index (χ0n) is 16.2. The molecule has 2 aromatic rings. The first-order chi connectivity index (χ1) is 13.2. The maximum Gasteiger partial charge on any atom is 0.222 e. The van der Waals surface area contributed by atoms with Crippen LogP contribution in [-0.2, 0) is 6.42 Å². The van der Waals surface area contributed by atoms with E-state index in [0.717, 1.165) is 37.8 Å². The molecule has 5 N–H and O–H groups in total. The SMILES string of the molecule is CCCCC(CO)Nc1nc(N)ncc1OCCCc1ccc(NC)cc1. The summed E-state index contributed by atoms with van der Waals surface area (Å²) in [6, 6.07) is 8.29. The van der Waals surface area contributed by atoms with Crippen molar-refractivity contribution in [3.05, 3.63) is 36.0 Å². The predicted molar refractivity (Wildman–Crippen MR) is 110 cm³/mol. The summed E-state index contributed by atoms with van der Waals surface area (Å²) in [5.74, 6) is 1.28. The van der Waals surface area contributed by atoms with Gasteiger partial charge in [-0.3, -0.25) is 0 Å². The summed E-state index contributed by atoms with van der Waals surface area (Å²) in [7, 11) is 1.91. The van der Waals surface area contributed by atoms with Gasteiger partial charge in [-0.05, 0) is 37.0 Å². The molecule has 0 spiro atoms. The van der Waals surface area contributed by atoms with Crippen LogP contribution in [0.1, 0.15) is 38.2 Å². The number of nitrogen functional groups attached to an aromatic ring is 1. The molecule has 7 nitrogen and oxygen atoms in total. The number of hydrogen-bond donors (Lipinski definition) is 4. The largest absolute Gasteiger partial charge is 0.488 e. The molecule has 1 unspecified atom stereocenters. The summed E-state index contributed by atoms with van der Waals surface area (Å²) in [6.07, 6.45) is 6.35. The molecule has 0 aliphatic rings. The summed E-state index contributed by atoms with van der Waals surface area (Å²) in [5, 5.41) is 15.9. The molecule has 1 heterocycles. The molecule has 0 radical (unpaired) electrons. The smallest absolute Gasteiger partial charge is 0.222 e. The van der Waals surface area contributed by atoms with Gasteiger partial charge in [0.2, 0.25) is 5.95 Å². The van der Waals surface area contributed by atoms with Gasteiger partial charge < -0.3 is 26.2 Å². The van der Waals surface area contributed by atoms with Gasteiger partial charge in [0.1, 0.15) is 0 Å². The second-order valence-corrected chi connectivity index (χ2v) is 6.51. The van der Waals surface area contributed by atoms with E-state index in [0.29, 0.717) is 18.2 Å². The molecule has 1 aromatic carbocycles. The lowest BCUT2D eigenvalue weighted by atomic mass is 10.1. The molecule has 0 saturated heterocycles. The van der Waals surface area contributed by atoms with Crippen molar-refractivity contribution in [3.63, 3.8) is 0 Å². The second kappa shape index (κ2) is 11.2. The lowest BCUT2D eigenvalue weighted by Crippen LogP contribution is -2.25. The van der Waals surface area contributed by atoms with E-state index in [9.17, 15) is 5.11 Å². The van der Waals surface area contributed by atoms with Crippen LogP contribution in [-0.4, -0.2) is 41.4 Å². The first-order valence-corrected chi connectivity index (χ1v) is 9.55. The van der Waals surface area contributed by atoms with E-state index >= 15 is 0 Å². The van der Waals surface area contributed by atoms with Gasteiger partial charge in [-0.2, -0.15) is 4.98 Å². The first-order valence-electron chi connectivity index (χ1n) is 9.55. The van der Waals surface area contributed by atoms with Crippen molar-refractivity contribution >= 4 is 17.5 Å². The number of aliphatic hydroxyl groups is 1. The van der Waals surface area contributed by atoms with Crippen LogP contribution < -0.4 is 21.1 Å². The van der Waals surface area contributed by atoms with Crippen molar-refractivity contribution in [2.75, 3.05) is 36.6 Å². The van der Waals surface area contributed by atoms with Crippen molar-refractivity contribution in [3.8, 4) is 5.75 Å². The van der Waals surface area contributed by atoms with Crippen LogP contribution >= 0.6 is 0 Å². The number of nitrogens with one attached hydrogen (secondary N) is 2. The third-order valence-corrected chi connectivity index (χ3v) is 4.35. The average Bonchev–Trinajstić information content (AvgIpc) is 2.70. The number of hydrogen-bond acceptors (Lipinski definition) is 7. The Balaban J connectivity index is 1.89. The van der Waals surface area contributed by atoms with Gasteiger partial charge in [0, 0.05) is 12.7 Å². The van der Waals surface area contributed by atoms with Gasteiger partial charge in [-0.1, -0.05) is 31.9 Å². The molecule has 0 amide bonds. The number of benzene rings is 1. The Morgan fingerprint density at radius 1 is 1.22 bits per heavy atom. The summed E-state index contributed by atoms with van der Waals surface area (Å²) < 4.78 is 5.87. The Morgan fingerprint density at radius 3 is 2.67 bits per heavy atom. The third kappa shape index (κ3) is 6.94. The zero-order valence-corrected chi connectivity index (χ0v) is 16.2. The van der Waals surface area contributed by atoms with Gasteiger partial charge in [0.25, 0.3) is 0 Å². The van der Waals surface area contributed by atoms with E-state index in [2.05, 4.69) is 51.8 Å². The average molecular weight is 374 g/mol. The van der Waals surface area contributed by atoms with E-state index in [1.54, 1.807) is 6.20 Å². The van der Waals surface area contributed by atoms with Crippen LogP contribution in [0.4, 0.5) is 17.5 Å². The fourth-order valence-electron chi connectivity index (χ4n) is 2.74. The Hall–Kier alpha value is -2.54. The van der Waals surface area contributed by atoms with Crippen LogP contribution in [0, 0.1) is 0 Å². The molecule has 0 fully saturated rings. The normalized spacial score (nSPS) is 11.8. The van der Waals surface area contributed by atoms with Gasteiger partial charge in [0.15, 0.2) is 11.6 Å². The molecule has 1 atom stereocenters. The standard InChI is InChI=1S/C20H31N5O2/c1-3-4-7-17(14-26)24-19-18(13-23-20(21)25-19)27-12-5-6-15-8-10-16(22-2)11-9-15/h8-11,13,17,22,26H,3-7,12,14H2,1-2H3,(H3,21,23,24,25). The molecule has 0 saturated carbocycles. The van der Waals surface area contributed by atoms with Crippen LogP contribution in [0.2, 0.25) is 0 Å². The van der Waals surface area contributed by atoms with E-state index in [1.165, 1.54) is 5.56 Å². The van der Waals surface area contributed by atoms with Gasteiger partial charge in [-0.25, -0.2) is 4.98 Å². The van der Waals surface area contributed by atoms with Crippen molar-refractivity contribution in [1.29, 1.82) is 0 Å². The molecule has 0 aliphatic carbocycles. The Morgan fingerprint density at radius 2 is 2.00 bits per heavy atom. The number of aromatic nitrogens is 2. The Labute approximate surface area is 161 Å². The van der Waals surface area contributed by atoms with E-state index in [1.807, 2.05) is 7.05 Å². The van der Waals surface area contributed by atoms with Crippen molar-refractivity contribution in [1.82, 2.24) is 9.97 Å². The predicted octanol–water partition coefficient (Wildman–Crippen LogP) is 3.08. The Kier molecular flexibility index (Phi) is 8.64. The number of aliphatic hydroxyl groups excluding tert-OH is 1. The van der Waals surface area contributed by atoms with Gasteiger partial charge in [0.05, 0.1) is 25.5 Å². The topological polar surface area (TPSA) is 105 Å². The molecular weight excluding hydrogens is 342 g/mol. The number of unbranched alkanes of at least 4 members (excludes halogenated alkanes) is 1. The highest BCUT2D eigenvalue weighted by Gasteiger charge is 2.13. The Bertz CT molecular complexity index is 679. The highest BCUT2D eigenvalue weighted by atomic mass is 16.5. The molecule has 7 heteroatoms. The van der Waals surface area contributed by atoms with Crippen LogP contribution in [0.15, 0.2) is 30.5 Å². The second-order valence-electron chi connectivity index (χ2n) is 6.51. The van der Waals surface area contributed by atoms with Crippen molar-refractivity contribution in [2.45, 2.75) is 45.1 Å². The molecule has 0 bridgehead atoms. The fraction of sp³-hybridized carbons (Fsp3) is 0.500. The number of anilines is 3. The maximum atomic E-state index is 9.57. The molecule has 27 heavy (non-hydrogen) atoms. The lowest BCUT2D eigenvalue weighted by molar-refractivity contribution is 0.265. The van der Waals surface area contributed by atoms with Crippen LogP contribution in [0.3, 0.4) is 0 Å².